The van der Waals surface area contributed by atoms with E-state index >= 15 is 0 Å². The Morgan fingerprint density at radius 2 is 0.900 bits per heavy atom. The summed E-state index contributed by atoms with van der Waals surface area (Å²) in [7, 11) is 0. The molecule has 0 heterocycles. The summed E-state index contributed by atoms with van der Waals surface area (Å²) in [5.41, 5.74) is 4.06. The van der Waals surface area contributed by atoms with Crippen LogP contribution in [0, 0.1) is 20.8 Å². The molecule has 1 radical (unpaired) electrons. The molecule has 0 fully saturated rings. The molecule has 0 aliphatic heterocycles. The van der Waals surface area contributed by atoms with Crippen molar-refractivity contribution in [1.82, 2.24) is 0 Å². The van der Waals surface area contributed by atoms with Gasteiger partial charge in [-0.3, -0.25) is 0 Å². The van der Waals surface area contributed by atoms with Crippen LogP contribution in [0.5, 0.6) is 0 Å². The number of hydrogen-bond acceptors (Lipinski definition) is 0. The summed E-state index contributed by atoms with van der Waals surface area (Å²) in [6.07, 6.45) is 0. The summed E-state index contributed by atoms with van der Waals surface area (Å²) in [5.74, 6) is 0. The van der Waals surface area contributed by atoms with Crippen LogP contribution in [0.25, 0.3) is 0 Å². The Morgan fingerprint density at radius 1 is 0.700 bits per heavy atom. The van der Waals surface area contributed by atoms with Crippen molar-refractivity contribution in [3.05, 3.63) is 34.9 Å². The van der Waals surface area contributed by atoms with Crippen molar-refractivity contribution in [2.75, 3.05) is 0 Å². The molecule has 0 nitrogen and oxygen atoms in total. The van der Waals surface area contributed by atoms with Gasteiger partial charge in [0, 0.05) is 22.4 Å². The van der Waals surface area contributed by atoms with E-state index in [1.54, 1.807) is 0 Å². The fraction of sp³-hybridized carbons (Fsp3) is 0.333. The van der Waals surface area contributed by atoms with Gasteiger partial charge in [0.15, 0.2) is 0 Å². The predicted octanol–water partition coefficient (Wildman–Crippen LogP) is 2.61. The summed E-state index contributed by atoms with van der Waals surface area (Å²) in [6, 6.07) is 6.56. The molecule has 59 valence electrons. The third-order valence-electron chi connectivity index (χ3n) is 1.37. The first-order chi connectivity index (χ1) is 4.18. The van der Waals surface area contributed by atoms with E-state index in [2.05, 4.69) is 39.0 Å². The normalized spacial score (nSPS) is 8.70. The van der Waals surface area contributed by atoms with Crippen LogP contribution in [0.1, 0.15) is 16.7 Å². The first kappa shape index (κ1) is 9.96. The maximum absolute atomic E-state index is 2.19. The second kappa shape index (κ2) is 3.97. The minimum Gasteiger partial charge on any atom is -0.0564 e. The third kappa shape index (κ3) is 2.70. The molecule has 0 unspecified atom stereocenters. The molecule has 0 aliphatic carbocycles. The van der Waals surface area contributed by atoms with Gasteiger partial charge in [-0.15, -0.1) is 0 Å². The summed E-state index contributed by atoms with van der Waals surface area (Å²) < 4.78 is 0. The number of aryl methyl sites for hydroxylation is 3. The molecule has 10 heavy (non-hydrogen) atoms. The zero-order valence-corrected chi connectivity index (χ0v) is 8.02. The van der Waals surface area contributed by atoms with Gasteiger partial charge in [0.25, 0.3) is 0 Å². The standard InChI is InChI=1S/C9H12.Ag/c1-7-4-8(2)6-9(3)5-7;/h4-6H,1-3H3;. The number of rotatable bonds is 0. The van der Waals surface area contributed by atoms with Crippen molar-refractivity contribution in [2.24, 2.45) is 0 Å². The van der Waals surface area contributed by atoms with Crippen molar-refractivity contribution in [3.63, 3.8) is 0 Å². The second-order valence-corrected chi connectivity index (χ2v) is 2.67. The van der Waals surface area contributed by atoms with Crippen LogP contribution in [0.4, 0.5) is 0 Å². The Bertz CT molecular complexity index is 165. The molecule has 1 rings (SSSR count). The molecule has 0 amide bonds. The van der Waals surface area contributed by atoms with E-state index in [4.69, 9.17) is 0 Å². The molecule has 0 N–H and O–H groups in total. The topological polar surface area (TPSA) is 0 Å². The number of hydrogen-bond donors (Lipinski definition) is 0. The van der Waals surface area contributed by atoms with E-state index in [1.807, 2.05) is 0 Å². The Labute approximate surface area is 78.2 Å². The molecule has 0 aliphatic rings. The first-order valence-corrected chi connectivity index (χ1v) is 3.23. The molecular formula is C9H12Ag. The van der Waals surface area contributed by atoms with Crippen LogP contribution in [0.2, 0.25) is 0 Å². The SMILES string of the molecule is Cc1cc(C)cc(C)c1.[Ag]. The molecule has 0 bridgehead atoms. The summed E-state index contributed by atoms with van der Waals surface area (Å²) in [6.45, 7) is 6.38. The molecule has 1 heteroatoms. The zero-order valence-electron chi connectivity index (χ0n) is 6.53. The average Bonchev–Trinajstić information content (AvgIpc) is 1.59. The monoisotopic (exact) mass is 227 g/mol. The van der Waals surface area contributed by atoms with Crippen LogP contribution < -0.4 is 0 Å². The summed E-state index contributed by atoms with van der Waals surface area (Å²) in [4.78, 5) is 0. The average molecular weight is 228 g/mol. The second-order valence-electron chi connectivity index (χ2n) is 2.67. The largest absolute Gasteiger partial charge is 0.0564 e. The van der Waals surface area contributed by atoms with Crippen molar-refractivity contribution >= 4 is 0 Å². The Balaban J connectivity index is 0.000000810. The number of benzene rings is 1. The van der Waals surface area contributed by atoms with Crippen LogP contribution in [0.15, 0.2) is 18.2 Å². The molecule has 1 aromatic carbocycles. The quantitative estimate of drug-likeness (QED) is 0.598. The van der Waals surface area contributed by atoms with Gasteiger partial charge in [-0.05, 0) is 20.8 Å². The maximum atomic E-state index is 2.19. The Kier molecular flexibility index (Phi) is 3.95. The zero-order chi connectivity index (χ0) is 6.85. The Hall–Kier alpha value is -0.0397. The van der Waals surface area contributed by atoms with E-state index in [1.165, 1.54) is 16.7 Å². The van der Waals surface area contributed by atoms with E-state index in [0.717, 1.165) is 0 Å². The van der Waals surface area contributed by atoms with Crippen molar-refractivity contribution in [2.45, 2.75) is 20.8 Å². The Morgan fingerprint density at radius 3 is 1.10 bits per heavy atom. The smallest absolute Gasteiger partial charge is 0 e. The van der Waals surface area contributed by atoms with Crippen molar-refractivity contribution < 1.29 is 22.4 Å². The van der Waals surface area contributed by atoms with Crippen LogP contribution in [-0.4, -0.2) is 0 Å². The van der Waals surface area contributed by atoms with Gasteiger partial charge < -0.3 is 0 Å². The third-order valence-corrected chi connectivity index (χ3v) is 1.37. The van der Waals surface area contributed by atoms with Gasteiger partial charge in [0.1, 0.15) is 0 Å². The minimum absolute atomic E-state index is 0. The molecular weight excluding hydrogens is 216 g/mol. The van der Waals surface area contributed by atoms with Crippen molar-refractivity contribution in [1.29, 1.82) is 0 Å². The van der Waals surface area contributed by atoms with Crippen LogP contribution in [-0.2, 0) is 22.4 Å². The van der Waals surface area contributed by atoms with Gasteiger partial charge in [-0.25, -0.2) is 0 Å². The van der Waals surface area contributed by atoms with E-state index in [0.29, 0.717) is 0 Å². The van der Waals surface area contributed by atoms with E-state index < -0.39 is 0 Å². The molecule has 0 spiro atoms. The van der Waals surface area contributed by atoms with Crippen molar-refractivity contribution in [3.8, 4) is 0 Å². The molecule has 0 atom stereocenters. The fourth-order valence-corrected chi connectivity index (χ4v) is 1.20. The predicted molar refractivity (Wildman–Crippen MR) is 40.7 cm³/mol. The first-order valence-electron chi connectivity index (χ1n) is 3.23. The molecule has 0 saturated carbocycles. The van der Waals surface area contributed by atoms with Gasteiger partial charge in [-0.2, -0.15) is 0 Å². The summed E-state index contributed by atoms with van der Waals surface area (Å²) in [5, 5.41) is 0. The fourth-order valence-electron chi connectivity index (χ4n) is 1.20. The molecule has 1 aromatic rings. The van der Waals surface area contributed by atoms with Gasteiger partial charge >= 0.3 is 0 Å². The van der Waals surface area contributed by atoms with E-state index in [-0.39, 0.29) is 22.4 Å². The summed E-state index contributed by atoms with van der Waals surface area (Å²) >= 11 is 0. The minimum atomic E-state index is 0. The van der Waals surface area contributed by atoms with Crippen LogP contribution in [0.3, 0.4) is 0 Å². The van der Waals surface area contributed by atoms with E-state index in [9.17, 15) is 0 Å². The van der Waals surface area contributed by atoms with Gasteiger partial charge in [0.05, 0.1) is 0 Å². The van der Waals surface area contributed by atoms with Gasteiger partial charge in [-0.1, -0.05) is 34.9 Å². The molecule has 0 aromatic heterocycles. The molecule has 0 saturated heterocycles. The van der Waals surface area contributed by atoms with Gasteiger partial charge in [0.2, 0.25) is 0 Å². The van der Waals surface area contributed by atoms with Crippen LogP contribution >= 0.6 is 0 Å². The maximum Gasteiger partial charge on any atom is 0 e.